The summed E-state index contributed by atoms with van der Waals surface area (Å²) in [5.41, 5.74) is 1.67. The molecule has 7 nitrogen and oxygen atoms in total. The second kappa shape index (κ2) is 10.1. The van der Waals surface area contributed by atoms with Crippen LogP contribution in [0.25, 0.3) is 16.8 Å². The summed E-state index contributed by atoms with van der Waals surface area (Å²) in [5.74, 6) is -0.627. The van der Waals surface area contributed by atoms with Gasteiger partial charge in [0.25, 0.3) is 11.8 Å². The smallest absolute Gasteiger partial charge is 0.331 e. The van der Waals surface area contributed by atoms with Gasteiger partial charge in [-0.05, 0) is 58.8 Å². The minimum Gasteiger partial charge on any atom is -0.497 e. The molecule has 3 aromatic carbocycles. The second-order valence-corrected chi connectivity index (χ2v) is 6.62. The number of anilines is 1. The fraction of sp³-hybridized carbons (Fsp3) is 0.125. The van der Waals surface area contributed by atoms with Gasteiger partial charge in [-0.1, -0.05) is 24.3 Å². The van der Waals surface area contributed by atoms with Crippen molar-refractivity contribution in [2.75, 3.05) is 26.1 Å². The first-order chi connectivity index (χ1) is 15.0. The van der Waals surface area contributed by atoms with Crippen LogP contribution in [0.3, 0.4) is 0 Å². The van der Waals surface area contributed by atoms with Gasteiger partial charge in [-0.25, -0.2) is 4.79 Å². The lowest BCUT2D eigenvalue weighted by molar-refractivity contribution is -0.142. The van der Waals surface area contributed by atoms with E-state index in [1.165, 1.54) is 19.2 Å². The molecule has 3 aromatic rings. The molecule has 31 heavy (non-hydrogen) atoms. The molecule has 0 saturated heterocycles. The van der Waals surface area contributed by atoms with E-state index in [1.807, 2.05) is 36.4 Å². The quantitative estimate of drug-likeness (QED) is 0.453. The lowest BCUT2D eigenvalue weighted by Crippen LogP contribution is -2.21. The van der Waals surface area contributed by atoms with Gasteiger partial charge in [-0.3, -0.25) is 9.59 Å². The molecule has 2 amide bonds. The Bertz CT molecular complexity index is 1150. The Kier molecular flexibility index (Phi) is 7.01. The van der Waals surface area contributed by atoms with Crippen molar-refractivity contribution in [2.24, 2.45) is 0 Å². The van der Waals surface area contributed by atoms with Crippen molar-refractivity contribution in [3.8, 4) is 5.75 Å². The highest BCUT2D eigenvalue weighted by Gasteiger charge is 2.08. The second-order valence-electron chi connectivity index (χ2n) is 6.62. The number of hydrogen-bond donors (Lipinski definition) is 2. The molecule has 0 aliphatic rings. The van der Waals surface area contributed by atoms with Crippen molar-refractivity contribution in [3.05, 3.63) is 77.9 Å². The zero-order chi connectivity index (χ0) is 22.2. The maximum absolute atomic E-state index is 12.0. The minimum atomic E-state index is -0.635. The Labute approximate surface area is 179 Å². The van der Waals surface area contributed by atoms with Crippen molar-refractivity contribution >= 4 is 40.3 Å². The first-order valence-corrected chi connectivity index (χ1v) is 9.53. The van der Waals surface area contributed by atoms with Gasteiger partial charge in [-0.15, -0.1) is 0 Å². The average molecular weight is 418 g/mol. The lowest BCUT2D eigenvalue weighted by Gasteiger charge is -2.07. The van der Waals surface area contributed by atoms with Gasteiger partial charge in [0, 0.05) is 24.4 Å². The summed E-state index contributed by atoms with van der Waals surface area (Å²) in [6.45, 7) is -0.440. The fourth-order valence-electron chi connectivity index (χ4n) is 2.90. The number of esters is 1. The molecule has 158 valence electrons. The van der Waals surface area contributed by atoms with Gasteiger partial charge in [0.05, 0.1) is 7.11 Å². The number of carbonyl (C=O) groups is 3. The van der Waals surface area contributed by atoms with Gasteiger partial charge in [0.2, 0.25) is 0 Å². The number of rotatable bonds is 7. The SMILES string of the molecule is CNC(=O)c1cccc(NC(=O)COC(=O)/C=C/c2ccc3cc(OC)ccc3c2)c1. The third-order valence-corrected chi connectivity index (χ3v) is 4.46. The van der Waals surface area contributed by atoms with Crippen LogP contribution in [-0.4, -0.2) is 38.5 Å². The summed E-state index contributed by atoms with van der Waals surface area (Å²) < 4.78 is 10.2. The number of ether oxygens (including phenoxy) is 2. The minimum absolute atomic E-state index is 0.263. The highest BCUT2D eigenvalue weighted by Crippen LogP contribution is 2.22. The summed E-state index contributed by atoms with van der Waals surface area (Å²) in [6.07, 6.45) is 2.89. The summed E-state index contributed by atoms with van der Waals surface area (Å²) >= 11 is 0. The Morgan fingerprint density at radius 1 is 0.968 bits per heavy atom. The first kappa shape index (κ1) is 21.6. The first-order valence-electron chi connectivity index (χ1n) is 9.53. The Morgan fingerprint density at radius 3 is 2.52 bits per heavy atom. The van der Waals surface area contributed by atoms with Gasteiger partial charge < -0.3 is 20.1 Å². The number of hydrogen-bond acceptors (Lipinski definition) is 5. The van der Waals surface area contributed by atoms with Gasteiger partial charge >= 0.3 is 5.97 Å². The van der Waals surface area contributed by atoms with E-state index in [4.69, 9.17) is 9.47 Å². The monoisotopic (exact) mass is 418 g/mol. The predicted molar refractivity (Wildman–Crippen MR) is 119 cm³/mol. The highest BCUT2D eigenvalue weighted by atomic mass is 16.5. The third-order valence-electron chi connectivity index (χ3n) is 4.46. The zero-order valence-corrected chi connectivity index (χ0v) is 17.2. The molecule has 0 aliphatic heterocycles. The number of amides is 2. The maximum Gasteiger partial charge on any atom is 0.331 e. The number of benzene rings is 3. The largest absolute Gasteiger partial charge is 0.497 e. The predicted octanol–water partition coefficient (Wildman–Crippen LogP) is 3.40. The van der Waals surface area contributed by atoms with Crippen LogP contribution in [0.15, 0.2) is 66.7 Å². The van der Waals surface area contributed by atoms with Gasteiger partial charge in [0.1, 0.15) is 5.75 Å². The summed E-state index contributed by atoms with van der Waals surface area (Å²) in [4.78, 5) is 35.6. The molecular formula is C24H22N2O5. The molecule has 7 heteroatoms. The topological polar surface area (TPSA) is 93.7 Å². The maximum atomic E-state index is 12.0. The Hall–Kier alpha value is -4.13. The molecule has 0 aromatic heterocycles. The molecule has 0 saturated carbocycles. The van der Waals surface area contributed by atoms with E-state index in [-0.39, 0.29) is 5.91 Å². The number of fused-ring (bicyclic) bond motifs is 1. The van der Waals surface area contributed by atoms with Crippen molar-refractivity contribution < 1.29 is 23.9 Å². The molecule has 0 bridgehead atoms. The van der Waals surface area contributed by atoms with E-state index in [9.17, 15) is 14.4 Å². The lowest BCUT2D eigenvalue weighted by atomic mass is 10.1. The third kappa shape index (κ3) is 5.93. The van der Waals surface area contributed by atoms with Crippen LogP contribution in [0.4, 0.5) is 5.69 Å². The van der Waals surface area contributed by atoms with Crippen molar-refractivity contribution in [3.63, 3.8) is 0 Å². The van der Waals surface area contributed by atoms with Crippen LogP contribution in [0, 0.1) is 0 Å². The van der Waals surface area contributed by atoms with Crippen LogP contribution >= 0.6 is 0 Å². The molecule has 0 radical (unpaired) electrons. The molecule has 2 N–H and O–H groups in total. The van der Waals surface area contributed by atoms with E-state index in [0.717, 1.165) is 22.1 Å². The van der Waals surface area contributed by atoms with Crippen LogP contribution in [-0.2, 0) is 14.3 Å². The zero-order valence-electron chi connectivity index (χ0n) is 17.2. The number of nitrogens with one attached hydrogen (secondary N) is 2. The highest BCUT2D eigenvalue weighted by molar-refractivity contribution is 5.98. The molecule has 0 spiro atoms. The standard InChI is InChI=1S/C24H22N2O5/c1-25-24(29)19-4-3-5-20(13-19)26-22(27)15-31-23(28)11-7-16-6-8-18-14-21(30-2)10-9-17(18)12-16/h3-14H,15H2,1-2H3,(H,25,29)(H,26,27)/b11-7+. The molecule has 3 rings (SSSR count). The van der Waals surface area contributed by atoms with Crippen LogP contribution in [0.5, 0.6) is 5.75 Å². The average Bonchev–Trinajstić information content (AvgIpc) is 2.80. The summed E-state index contributed by atoms with van der Waals surface area (Å²) in [5, 5.41) is 7.13. The molecule has 0 unspecified atom stereocenters. The fourth-order valence-corrected chi connectivity index (χ4v) is 2.90. The van der Waals surface area contributed by atoms with Crippen LogP contribution in [0.1, 0.15) is 15.9 Å². The van der Waals surface area contributed by atoms with Gasteiger partial charge in [0.15, 0.2) is 6.61 Å². The summed E-state index contributed by atoms with van der Waals surface area (Å²) in [7, 11) is 3.14. The van der Waals surface area contributed by atoms with Gasteiger partial charge in [-0.2, -0.15) is 0 Å². The number of carbonyl (C=O) groups excluding carboxylic acids is 3. The summed E-state index contributed by atoms with van der Waals surface area (Å²) in [6, 6.07) is 17.9. The molecule has 0 aliphatic carbocycles. The van der Waals surface area contributed by atoms with Crippen molar-refractivity contribution in [1.82, 2.24) is 5.32 Å². The molecule has 0 atom stereocenters. The Balaban J connectivity index is 1.53. The molecular weight excluding hydrogens is 396 g/mol. The molecule has 0 fully saturated rings. The van der Waals surface area contributed by atoms with E-state index >= 15 is 0 Å². The van der Waals surface area contributed by atoms with Crippen LogP contribution in [0.2, 0.25) is 0 Å². The van der Waals surface area contributed by atoms with E-state index in [2.05, 4.69) is 10.6 Å². The van der Waals surface area contributed by atoms with E-state index in [1.54, 1.807) is 31.4 Å². The van der Waals surface area contributed by atoms with E-state index < -0.39 is 18.5 Å². The normalized spacial score (nSPS) is 10.6. The van der Waals surface area contributed by atoms with Crippen molar-refractivity contribution in [2.45, 2.75) is 0 Å². The molecule has 0 heterocycles. The van der Waals surface area contributed by atoms with Crippen LogP contribution < -0.4 is 15.4 Å². The van der Waals surface area contributed by atoms with E-state index in [0.29, 0.717) is 11.3 Å². The van der Waals surface area contributed by atoms with Crippen molar-refractivity contribution in [1.29, 1.82) is 0 Å². The Morgan fingerprint density at radius 2 is 1.74 bits per heavy atom. The number of methoxy groups -OCH3 is 1.